The van der Waals surface area contributed by atoms with Crippen molar-refractivity contribution < 1.29 is 64.6 Å². The summed E-state index contributed by atoms with van der Waals surface area (Å²) in [5, 5.41) is 85.7. The number of rotatable bonds is 25. The second-order valence-electron chi connectivity index (χ2n) is 13.3. The molecule has 0 bridgehead atoms. The van der Waals surface area contributed by atoms with Crippen molar-refractivity contribution >= 4 is 5.91 Å². The Hall–Kier alpha value is -1.79. The van der Waals surface area contributed by atoms with Gasteiger partial charge >= 0.3 is 0 Å². The number of allylic oxidation sites excluding steroid dienone is 5. The van der Waals surface area contributed by atoms with E-state index in [0.29, 0.717) is 12.8 Å². The minimum atomic E-state index is -1.79. The summed E-state index contributed by atoms with van der Waals surface area (Å²) in [5.41, 5.74) is 0. The van der Waals surface area contributed by atoms with Crippen LogP contribution in [0.1, 0.15) is 97.3 Å². The highest BCUT2D eigenvalue weighted by Gasteiger charge is 2.50. The van der Waals surface area contributed by atoms with Crippen LogP contribution in [-0.4, -0.2) is 140 Å². The van der Waals surface area contributed by atoms with Crippen molar-refractivity contribution in [3.05, 3.63) is 36.5 Å². The number of hydrogen-bond donors (Lipinski definition) is 9. The largest absolute Gasteiger partial charge is 0.394 e. The normalized spacial score (nSPS) is 31.5. The highest BCUT2D eigenvalue weighted by Crippen LogP contribution is 2.29. The monoisotopic (exact) mass is 731 g/mol. The van der Waals surface area contributed by atoms with Gasteiger partial charge in [0.05, 0.1) is 32.0 Å². The topological polar surface area (TPSA) is 228 Å². The van der Waals surface area contributed by atoms with Crippen LogP contribution in [0.25, 0.3) is 0 Å². The molecule has 0 radical (unpaired) electrons. The number of carbonyl (C=O) groups excluding carboxylic acids is 1. The second-order valence-corrected chi connectivity index (χ2v) is 13.3. The molecule has 1 amide bonds. The van der Waals surface area contributed by atoms with Gasteiger partial charge < -0.3 is 65.1 Å². The van der Waals surface area contributed by atoms with Gasteiger partial charge in [0.25, 0.3) is 0 Å². The van der Waals surface area contributed by atoms with Gasteiger partial charge in [-0.3, -0.25) is 4.79 Å². The number of ether oxygens (including phenoxy) is 4. The van der Waals surface area contributed by atoms with Gasteiger partial charge in [0.2, 0.25) is 5.91 Å². The van der Waals surface area contributed by atoms with E-state index in [2.05, 4.69) is 43.5 Å². The number of nitrogens with one attached hydrogen (secondary N) is 1. The molecule has 14 heteroatoms. The highest BCUT2D eigenvalue weighted by atomic mass is 16.7. The molecular weight excluding hydrogens is 666 g/mol. The molecule has 2 aliphatic rings. The Bertz CT molecular complexity index is 1010. The molecule has 2 fully saturated rings. The molecule has 0 aromatic rings. The molecule has 2 heterocycles. The van der Waals surface area contributed by atoms with Crippen molar-refractivity contribution in [3.8, 4) is 0 Å². The smallest absolute Gasteiger partial charge is 0.220 e. The SMILES string of the molecule is CC/C=C/CC/C=C/CC/C=C/C(O)C(COC1OC(CO)C(OC2OC(CO)C(O)C(O)C2O)C(O)C1O)NC(=O)CCCCCCCCC. The molecule has 0 aliphatic carbocycles. The minimum absolute atomic E-state index is 0.268. The first-order valence-corrected chi connectivity index (χ1v) is 18.7. The number of amides is 1. The number of unbranched alkanes of at least 4 members (excludes halogenated alkanes) is 8. The van der Waals surface area contributed by atoms with E-state index in [1.807, 2.05) is 6.08 Å². The molecule has 0 saturated carbocycles. The van der Waals surface area contributed by atoms with Crippen LogP contribution in [0.2, 0.25) is 0 Å². The quantitative estimate of drug-likeness (QED) is 0.0477. The molecular formula is C37H65NO13. The summed E-state index contributed by atoms with van der Waals surface area (Å²) >= 11 is 0. The van der Waals surface area contributed by atoms with Crippen molar-refractivity contribution in [3.63, 3.8) is 0 Å². The van der Waals surface area contributed by atoms with Gasteiger partial charge in [-0.25, -0.2) is 0 Å². The van der Waals surface area contributed by atoms with Crippen LogP contribution in [0, 0.1) is 0 Å². The average molecular weight is 732 g/mol. The number of aliphatic hydroxyl groups excluding tert-OH is 8. The van der Waals surface area contributed by atoms with E-state index in [9.17, 15) is 45.6 Å². The Balaban J connectivity index is 2.01. The van der Waals surface area contributed by atoms with Gasteiger partial charge in [0.1, 0.15) is 48.8 Å². The molecule has 12 unspecified atom stereocenters. The van der Waals surface area contributed by atoms with Crippen LogP contribution >= 0.6 is 0 Å². The van der Waals surface area contributed by atoms with E-state index in [0.717, 1.165) is 51.4 Å². The zero-order valence-electron chi connectivity index (χ0n) is 30.3. The summed E-state index contributed by atoms with van der Waals surface area (Å²) in [6, 6.07) is -0.928. The third-order valence-electron chi connectivity index (χ3n) is 9.07. The first-order valence-electron chi connectivity index (χ1n) is 18.7. The fourth-order valence-electron chi connectivity index (χ4n) is 5.91. The summed E-state index contributed by atoms with van der Waals surface area (Å²) in [4.78, 5) is 12.9. The van der Waals surface area contributed by atoms with Gasteiger partial charge in [-0.15, -0.1) is 0 Å². The Morgan fingerprint density at radius 1 is 0.706 bits per heavy atom. The zero-order valence-corrected chi connectivity index (χ0v) is 30.3. The molecule has 2 rings (SSSR count). The minimum Gasteiger partial charge on any atom is -0.394 e. The highest BCUT2D eigenvalue weighted by molar-refractivity contribution is 5.76. The van der Waals surface area contributed by atoms with Gasteiger partial charge in [-0.1, -0.05) is 88.8 Å². The maximum atomic E-state index is 12.9. The number of aliphatic hydroxyl groups is 8. The van der Waals surface area contributed by atoms with Crippen LogP contribution in [0.3, 0.4) is 0 Å². The summed E-state index contributed by atoms with van der Waals surface area (Å²) in [6.45, 7) is 2.51. The van der Waals surface area contributed by atoms with Crippen molar-refractivity contribution in [1.29, 1.82) is 0 Å². The van der Waals surface area contributed by atoms with E-state index in [1.54, 1.807) is 6.08 Å². The van der Waals surface area contributed by atoms with Crippen LogP contribution in [0.15, 0.2) is 36.5 Å². The Morgan fingerprint density at radius 2 is 1.27 bits per heavy atom. The van der Waals surface area contributed by atoms with E-state index in [1.165, 1.54) is 12.8 Å². The third kappa shape index (κ3) is 16.0. The lowest BCUT2D eigenvalue weighted by Gasteiger charge is -2.46. The summed E-state index contributed by atoms with van der Waals surface area (Å²) in [7, 11) is 0. The van der Waals surface area contributed by atoms with Gasteiger partial charge in [-0.05, 0) is 38.5 Å². The van der Waals surface area contributed by atoms with Crippen LogP contribution in [-0.2, 0) is 23.7 Å². The molecule has 14 nitrogen and oxygen atoms in total. The maximum Gasteiger partial charge on any atom is 0.220 e. The molecule has 0 aromatic carbocycles. The predicted molar refractivity (Wildman–Crippen MR) is 189 cm³/mol. The molecule has 0 spiro atoms. The first kappa shape index (κ1) is 45.4. The number of carbonyl (C=O) groups is 1. The van der Waals surface area contributed by atoms with Crippen LogP contribution in [0.5, 0.6) is 0 Å². The molecule has 2 saturated heterocycles. The van der Waals surface area contributed by atoms with Crippen molar-refractivity contribution in [2.24, 2.45) is 0 Å². The van der Waals surface area contributed by atoms with Crippen molar-refractivity contribution in [2.75, 3.05) is 19.8 Å². The second kappa shape index (κ2) is 26.1. The van der Waals surface area contributed by atoms with E-state index < -0.39 is 86.8 Å². The Kier molecular flexibility index (Phi) is 23.2. The molecule has 296 valence electrons. The average Bonchev–Trinajstić information content (AvgIpc) is 3.12. The zero-order chi connectivity index (χ0) is 37.6. The first-order chi connectivity index (χ1) is 24.6. The maximum absolute atomic E-state index is 12.9. The van der Waals surface area contributed by atoms with Gasteiger partial charge in [0, 0.05) is 6.42 Å². The Morgan fingerprint density at radius 3 is 1.90 bits per heavy atom. The molecule has 51 heavy (non-hydrogen) atoms. The fourth-order valence-corrected chi connectivity index (χ4v) is 5.91. The van der Waals surface area contributed by atoms with Crippen molar-refractivity contribution in [2.45, 2.75) is 171 Å². The molecule has 2 aliphatic heterocycles. The molecule has 9 N–H and O–H groups in total. The lowest BCUT2D eigenvalue weighted by Crippen LogP contribution is -2.65. The predicted octanol–water partition coefficient (Wildman–Crippen LogP) is 1.25. The number of hydrogen-bond acceptors (Lipinski definition) is 13. The van der Waals surface area contributed by atoms with E-state index in [-0.39, 0.29) is 18.9 Å². The summed E-state index contributed by atoms with van der Waals surface area (Å²) < 4.78 is 22.4. The Labute approximate surface area is 302 Å². The van der Waals surface area contributed by atoms with E-state index in [4.69, 9.17) is 18.9 Å². The van der Waals surface area contributed by atoms with E-state index >= 15 is 0 Å². The van der Waals surface area contributed by atoms with Gasteiger partial charge in [-0.2, -0.15) is 0 Å². The standard InChI is InChI=1S/C37H65NO13/c1-3-5-7-9-11-12-13-15-16-18-20-26(41)25(38-29(42)21-19-17-14-10-8-6-4-2)24-48-36-34(47)32(45)35(28(23-40)50-36)51-37-33(46)31(44)30(43)27(22-39)49-37/h5,7,12-13,18,20,25-28,30-37,39-41,43-47H,3-4,6,8-11,14-17,19,21-24H2,1-2H3,(H,38,42)/b7-5+,13-12+,20-18+. The van der Waals surface area contributed by atoms with Crippen molar-refractivity contribution in [1.82, 2.24) is 5.32 Å². The van der Waals surface area contributed by atoms with Gasteiger partial charge in [0.15, 0.2) is 12.6 Å². The fraction of sp³-hybridized carbons (Fsp3) is 0.811. The van der Waals surface area contributed by atoms with Crippen LogP contribution in [0.4, 0.5) is 0 Å². The lowest BCUT2D eigenvalue weighted by molar-refractivity contribution is -0.359. The summed E-state index contributed by atoms with van der Waals surface area (Å²) in [5.74, 6) is -0.268. The summed E-state index contributed by atoms with van der Waals surface area (Å²) in [6.07, 6.45) is 6.82. The third-order valence-corrected chi connectivity index (χ3v) is 9.07. The molecule has 0 aromatic heterocycles. The van der Waals surface area contributed by atoms with Crippen LogP contribution < -0.4 is 5.32 Å². The molecule has 12 atom stereocenters. The lowest BCUT2D eigenvalue weighted by atomic mass is 9.97.